The predicted molar refractivity (Wildman–Crippen MR) is 292 cm³/mol. The number of rotatable bonds is 10. The van der Waals surface area contributed by atoms with Gasteiger partial charge in [-0.2, -0.15) is 12.1 Å². The van der Waals surface area contributed by atoms with Crippen LogP contribution in [0.5, 0.6) is 0 Å². The van der Waals surface area contributed by atoms with Crippen LogP contribution in [0, 0.1) is 10.8 Å². The molecule has 2 aliphatic rings. The summed E-state index contributed by atoms with van der Waals surface area (Å²) in [5.41, 5.74) is 9.61. The molecule has 2 saturated carbocycles. The first-order chi connectivity index (χ1) is 32.4. The van der Waals surface area contributed by atoms with Crippen molar-refractivity contribution in [3.05, 3.63) is 157 Å². The third-order valence-electron chi connectivity index (χ3n) is 14.8. The standard InChI is InChI=1S/2C30H33.C2H6Si.2ClH.Zr/c2*1-2-17-30(18-7-3-4-8-19-30)22-23-20-25-13-10-16-28(29(25)21-23)27-15-9-12-24-11-5-6-14-26(24)27;1-3-2;;;/h2*5-6,9-16,20-21H,2-4,7-8,17-19,22H2,1H3;1-2H3;2*1H;/q2*-1;;;;+4/p-2. The second kappa shape index (κ2) is 25.4. The first-order valence-electron chi connectivity index (χ1n) is 25.3. The maximum atomic E-state index is 4.93. The Morgan fingerprint density at radius 1 is 0.455 bits per heavy atom. The van der Waals surface area contributed by atoms with Crippen molar-refractivity contribution in [2.45, 2.75) is 143 Å². The zero-order chi connectivity index (χ0) is 46.2. The van der Waals surface area contributed by atoms with E-state index in [1.165, 1.54) is 181 Å². The molecule has 0 aliphatic heterocycles. The molecule has 0 aromatic heterocycles. The average molecular weight is 1010 g/mol. The van der Waals surface area contributed by atoms with Gasteiger partial charge in [0.05, 0.1) is 0 Å². The molecule has 0 atom stereocenters. The fraction of sp³-hybridized carbons (Fsp3) is 0.387. The number of halogens is 2. The summed E-state index contributed by atoms with van der Waals surface area (Å²) in [6.07, 6.45) is 24.9. The van der Waals surface area contributed by atoms with Gasteiger partial charge in [0.25, 0.3) is 0 Å². The molecule has 2 aliphatic carbocycles. The monoisotopic (exact) mass is 1000 g/mol. The van der Waals surface area contributed by atoms with E-state index < -0.39 is 20.8 Å². The van der Waals surface area contributed by atoms with Gasteiger partial charge in [-0.3, -0.25) is 0 Å². The van der Waals surface area contributed by atoms with Gasteiger partial charge in [-0.1, -0.05) is 199 Å². The number of hydrogen-bond donors (Lipinski definition) is 0. The van der Waals surface area contributed by atoms with Crippen LogP contribution in [-0.2, 0) is 33.7 Å². The van der Waals surface area contributed by atoms with Crippen molar-refractivity contribution in [3.63, 3.8) is 0 Å². The molecule has 8 aromatic rings. The summed E-state index contributed by atoms with van der Waals surface area (Å²) in [5, 5.41) is 11.0. The van der Waals surface area contributed by atoms with Crippen LogP contribution in [0.2, 0.25) is 13.1 Å². The van der Waals surface area contributed by atoms with E-state index in [2.05, 4.69) is 173 Å². The van der Waals surface area contributed by atoms with E-state index in [1.54, 1.807) is 11.1 Å². The first-order valence-corrected chi connectivity index (χ1v) is 33.6. The molecule has 0 unspecified atom stereocenters. The summed E-state index contributed by atoms with van der Waals surface area (Å²) in [6, 6.07) is 54.6. The van der Waals surface area contributed by atoms with Gasteiger partial charge in [-0.25, -0.2) is 0 Å². The molecular formula is C62H72Cl2SiZr. The van der Waals surface area contributed by atoms with Crippen LogP contribution in [0.15, 0.2) is 146 Å². The van der Waals surface area contributed by atoms with Gasteiger partial charge in [-0.05, 0) is 94.9 Å². The van der Waals surface area contributed by atoms with Crippen LogP contribution in [-0.4, -0.2) is 9.52 Å². The molecule has 2 fully saturated rings. The average Bonchev–Trinajstić information content (AvgIpc) is 3.77. The Labute approximate surface area is 419 Å². The molecule has 10 rings (SSSR count). The third-order valence-corrected chi connectivity index (χ3v) is 14.8. The van der Waals surface area contributed by atoms with Crippen molar-refractivity contribution in [1.82, 2.24) is 0 Å². The second-order valence-corrected chi connectivity index (χ2v) is 24.4. The molecule has 0 bridgehead atoms. The van der Waals surface area contributed by atoms with E-state index in [9.17, 15) is 0 Å². The van der Waals surface area contributed by atoms with Crippen LogP contribution in [0.4, 0.5) is 0 Å². The minimum absolute atomic E-state index is 0.523. The van der Waals surface area contributed by atoms with Crippen molar-refractivity contribution >= 4 is 69.6 Å². The summed E-state index contributed by atoms with van der Waals surface area (Å²) in [5.74, 6) is 0. The van der Waals surface area contributed by atoms with Crippen LogP contribution < -0.4 is 0 Å². The molecule has 0 spiro atoms. The van der Waals surface area contributed by atoms with E-state index >= 15 is 0 Å². The molecule has 342 valence electrons. The van der Waals surface area contributed by atoms with Gasteiger partial charge in [0.2, 0.25) is 0 Å². The fourth-order valence-corrected chi connectivity index (χ4v) is 12.1. The molecule has 4 heteroatoms. The molecule has 8 aromatic carbocycles. The van der Waals surface area contributed by atoms with Gasteiger partial charge in [0.15, 0.2) is 0 Å². The number of fused-ring (bicyclic) bond motifs is 4. The molecule has 0 nitrogen and oxygen atoms in total. The van der Waals surface area contributed by atoms with Crippen LogP contribution >= 0.6 is 17.0 Å². The quantitative estimate of drug-likeness (QED) is 0.0728. The molecule has 0 heterocycles. The van der Waals surface area contributed by atoms with Crippen molar-refractivity contribution in [3.8, 4) is 22.3 Å². The van der Waals surface area contributed by atoms with Gasteiger partial charge >= 0.3 is 37.9 Å². The molecular weight excluding hydrogens is 935 g/mol. The Morgan fingerprint density at radius 3 is 1.14 bits per heavy atom. The zero-order valence-corrected chi connectivity index (χ0v) is 45.3. The normalized spacial score (nSPS) is 15.6. The number of hydrogen-bond acceptors (Lipinski definition) is 0. The van der Waals surface area contributed by atoms with Crippen molar-refractivity contribution in [2.24, 2.45) is 10.8 Å². The van der Waals surface area contributed by atoms with Gasteiger partial charge < -0.3 is 0 Å². The summed E-state index contributed by atoms with van der Waals surface area (Å²) in [6.45, 7) is 9.04. The van der Waals surface area contributed by atoms with Crippen LogP contribution in [0.25, 0.3) is 65.3 Å². The second-order valence-electron chi connectivity index (χ2n) is 19.7. The van der Waals surface area contributed by atoms with Crippen molar-refractivity contribution < 1.29 is 20.8 Å². The summed E-state index contributed by atoms with van der Waals surface area (Å²) < 4.78 is 0. The Bertz CT molecular complexity index is 2510. The van der Waals surface area contributed by atoms with Crippen molar-refractivity contribution in [2.75, 3.05) is 0 Å². The summed E-state index contributed by atoms with van der Waals surface area (Å²) >= 11 is -0.826. The van der Waals surface area contributed by atoms with E-state index in [-0.39, 0.29) is 0 Å². The maximum absolute atomic E-state index is 4.93. The SMILES string of the molecule is CCCC1(Cc2cc3c(-c4cccc5ccccc45)cccc3[cH-]2)CCCCCC1.CCCC1(Cc2cc3c(-c4cccc5ccccc45)cccc3[cH-]2)CCCCCC1.C[Si]C.[Cl][Zr+2][Cl]. The van der Waals surface area contributed by atoms with Crippen LogP contribution in [0.3, 0.4) is 0 Å². The van der Waals surface area contributed by atoms with E-state index in [4.69, 9.17) is 17.0 Å². The van der Waals surface area contributed by atoms with Gasteiger partial charge in [-0.15, -0.1) is 69.1 Å². The molecule has 2 radical (unpaired) electrons. The first kappa shape index (κ1) is 50.6. The topological polar surface area (TPSA) is 0 Å². The van der Waals surface area contributed by atoms with E-state index in [0.29, 0.717) is 10.8 Å². The van der Waals surface area contributed by atoms with Crippen molar-refractivity contribution in [1.29, 1.82) is 0 Å². The Hall–Kier alpha value is -3.26. The van der Waals surface area contributed by atoms with Gasteiger partial charge in [0.1, 0.15) is 0 Å². The molecule has 0 N–H and O–H groups in total. The van der Waals surface area contributed by atoms with E-state index in [0.717, 1.165) is 9.52 Å². The third kappa shape index (κ3) is 12.7. The predicted octanol–water partition coefficient (Wildman–Crippen LogP) is 20.3. The molecule has 0 saturated heterocycles. The summed E-state index contributed by atoms with van der Waals surface area (Å²) in [4.78, 5) is 0. The Morgan fingerprint density at radius 2 is 0.773 bits per heavy atom. The molecule has 66 heavy (non-hydrogen) atoms. The Kier molecular flexibility index (Phi) is 19.5. The molecule has 0 amide bonds. The number of benzene rings is 6. The van der Waals surface area contributed by atoms with Gasteiger partial charge in [0, 0.05) is 9.52 Å². The summed E-state index contributed by atoms with van der Waals surface area (Å²) in [7, 11) is 11.0. The van der Waals surface area contributed by atoms with Crippen LogP contribution in [0.1, 0.15) is 128 Å². The minimum atomic E-state index is -0.826. The zero-order valence-electron chi connectivity index (χ0n) is 40.3. The Balaban J connectivity index is 0.000000176. The van der Waals surface area contributed by atoms with E-state index in [1.807, 2.05) is 0 Å². The fourth-order valence-electron chi connectivity index (χ4n) is 12.1.